The Labute approximate surface area is 108 Å². The van der Waals surface area contributed by atoms with Crippen LogP contribution in [0.3, 0.4) is 0 Å². The van der Waals surface area contributed by atoms with Crippen LogP contribution in [0.5, 0.6) is 0 Å². The van der Waals surface area contributed by atoms with Gasteiger partial charge in [0.1, 0.15) is 0 Å². The molecule has 16 heavy (non-hydrogen) atoms. The van der Waals surface area contributed by atoms with Gasteiger partial charge in [-0.3, -0.25) is 0 Å². The van der Waals surface area contributed by atoms with Gasteiger partial charge in [0, 0.05) is 11.5 Å². The van der Waals surface area contributed by atoms with Crippen LogP contribution >= 0.6 is 23.5 Å². The summed E-state index contributed by atoms with van der Waals surface area (Å²) in [4.78, 5) is 0. The third-order valence-electron chi connectivity index (χ3n) is 5.84. The molecule has 0 amide bonds. The molecule has 0 aromatic carbocycles. The lowest BCUT2D eigenvalue weighted by Gasteiger charge is -2.61. The Morgan fingerprint density at radius 1 is 0.812 bits per heavy atom. The van der Waals surface area contributed by atoms with Gasteiger partial charge in [0.25, 0.3) is 0 Å². The number of hydrogen-bond acceptors (Lipinski definition) is 2. The molecular weight excluding hydrogens is 232 g/mol. The van der Waals surface area contributed by atoms with Crippen molar-refractivity contribution < 1.29 is 0 Å². The molecule has 5 rings (SSSR count). The molecule has 1 aliphatic heterocycles. The molecule has 4 saturated carbocycles. The van der Waals surface area contributed by atoms with Gasteiger partial charge in [0.05, 0.1) is 4.08 Å². The Kier molecular flexibility index (Phi) is 2.24. The average molecular weight is 254 g/mol. The zero-order chi connectivity index (χ0) is 10.8. The molecule has 1 saturated heterocycles. The molecule has 90 valence electrons. The second-order valence-corrected chi connectivity index (χ2v) is 10.1. The normalized spacial score (nSPS) is 53.4. The second kappa shape index (κ2) is 3.38. The fourth-order valence-electron chi connectivity index (χ4n) is 5.49. The molecule has 5 aliphatic rings. The van der Waals surface area contributed by atoms with Gasteiger partial charge in [-0.1, -0.05) is 0 Å². The molecule has 0 atom stereocenters. The molecule has 1 heterocycles. The largest absolute Gasteiger partial charge is 0.143 e. The van der Waals surface area contributed by atoms with Crippen molar-refractivity contribution >= 4 is 23.5 Å². The van der Waals surface area contributed by atoms with E-state index < -0.39 is 0 Å². The first-order valence-electron chi connectivity index (χ1n) is 6.97. The third-order valence-corrected chi connectivity index (χ3v) is 9.59. The summed E-state index contributed by atoms with van der Waals surface area (Å²) >= 11 is 4.59. The summed E-state index contributed by atoms with van der Waals surface area (Å²) in [5.74, 6) is 6.16. The van der Waals surface area contributed by atoms with Crippen molar-refractivity contribution in [2.24, 2.45) is 23.2 Å². The van der Waals surface area contributed by atoms with Crippen molar-refractivity contribution in [3.8, 4) is 0 Å². The molecule has 0 N–H and O–H groups in total. The van der Waals surface area contributed by atoms with E-state index in [4.69, 9.17) is 0 Å². The van der Waals surface area contributed by atoms with Crippen molar-refractivity contribution in [1.29, 1.82) is 0 Å². The van der Waals surface area contributed by atoms with Gasteiger partial charge in [-0.05, 0) is 68.6 Å². The maximum absolute atomic E-state index is 2.59. The van der Waals surface area contributed by atoms with Gasteiger partial charge in [0.2, 0.25) is 0 Å². The van der Waals surface area contributed by atoms with E-state index in [9.17, 15) is 0 Å². The number of thioether (sulfide) groups is 2. The van der Waals surface area contributed by atoms with Crippen molar-refractivity contribution in [1.82, 2.24) is 0 Å². The molecule has 0 nitrogen and oxygen atoms in total. The van der Waals surface area contributed by atoms with E-state index in [1.165, 1.54) is 11.5 Å². The van der Waals surface area contributed by atoms with Crippen LogP contribution in [0.25, 0.3) is 0 Å². The molecule has 5 fully saturated rings. The molecule has 2 heteroatoms. The highest BCUT2D eigenvalue weighted by Gasteiger charge is 2.59. The van der Waals surface area contributed by atoms with E-state index in [-0.39, 0.29) is 0 Å². The van der Waals surface area contributed by atoms with Crippen LogP contribution in [0.2, 0.25) is 0 Å². The molecular formula is C14H22S2. The Morgan fingerprint density at radius 3 is 1.69 bits per heavy atom. The lowest BCUT2D eigenvalue weighted by Crippen LogP contribution is -2.53. The van der Waals surface area contributed by atoms with Gasteiger partial charge in [-0.2, -0.15) is 0 Å². The fraction of sp³-hybridized carbons (Fsp3) is 1.00. The van der Waals surface area contributed by atoms with Crippen LogP contribution in [-0.2, 0) is 0 Å². The summed E-state index contributed by atoms with van der Waals surface area (Å²) in [7, 11) is 0. The van der Waals surface area contributed by atoms with Gasteiger partial charge in [-0.25, -0.2) is 0 Å². The maximum Gasteiger partial charge on any atom is 0.0639 e. The minimum absolute atomic E-state index is 0.586. The summed E-state index contributed by atoms with van der Waals surface area (Å²) in [5.41, 5.74) is 0.744. The number of rotatable bonds is 1. The molecule has 4 bridgehead atoms. The summed E-state index contributed by atoms with van der Waals surface area (Å²) in [6.07, 6.45) is 9.50. The molecule has 0 aromatic rings. The topological polar surface area (TPSA) is 0 Å². The Balaban J connectivity index is 1.70. The number of hydrogen-bond donors (Lipinski definition) is 0. The molecule has 0 unspecified atom stereocenters. The van der Waals surface area contributed by atoms with Crippen LogP contribution in [-0.4, -0.2) is 15.6 Å². The highest BCUT2D eigenvalue weighted by atomic mass is 32.2. The van der Waals surface area contributed by atoms with Crippen LogP contribution in [0, 0.1) is 23.2 Å². The van der Waals surface area contributed by atoms with Crippen LogP contribution in [0.4, 0.5) is 0 Å². The second-order valence-electron chi connectivity index (χ2n) is 6.84. The first-order valence-corrected chi connectivity index (χ1v) is 8.94. The monoisotopic (exact) mass is 254 g/mol. The summed E-state index contributed by atoms with van der Waals surface area (Å²) in [6.45, 7) is 2.59. The Hall–Kier alpha value is 0.700. The lowest BCUT2D eigenvalue weighted by atomic mass is 9.48. The van der Waals surface area contributed by atoms with Crippen molar-refractivity contribution in [3.63, 3.8) is 0 Å². The SMILES string of the molecule is CC1(C23CC4CC(CC(C4)C2)C3)SCCS1. The molecule has 0 radical (unpaired) electrons. The predicted molar refractivity (Wildman–Crippen MR) is 73.9 cm³/mol. The summed E-state index contributed by atoms with van der Waals surface area (Å²) < 4.78 is 0.586. The fourth-order valence-corrected chi connectivity index (χ4v) is 8.88. The smallest absolute Gasteiger partial charge is 0.0639 e. The van der Waals surface area contributed by atoms with E-state index in [2.05, 4.69) is 30.4 Å². The van der Waals surface area contributed by atoms with Gasteiger partial charge < -0.3 is 0 Å². The average Bonchev–Trinajstić information content (AvgIpc) is 2.64. The summed E-state index contributed by atoms with van der Waals surface area (Å²) in [5, 5.41) is 0. The first-order chi connectivity index (χ1) is 7.69. The van der Waals surface area contributed by atoms with Gasteiger partial charge in [-0.15, -0.1) is 23.5 Å². The zero-order valence-corrected chi connectivity index (χ0v) is 11.8. The zero-order valence-electron chi connectivity index (χ0n) is 10.2. The van der Waals surface area contributed by atoms with E-state index in [1.807, 2.05) is 0 Å². The Bertz CT molecular complexity index is 269. The third kappa shape index (κ3) is 1.32. The predicted octanol–water partition coefficient (Wildman–Crippen LogP) is 4.40. The van der Waals surface area contributed by atoms with E-state index in [1.54, 1.807) is 38.5 Å². The first kappa shape index (κ1) is 10.6. The van der Waals surface area contributed by atoms with Crippen LogP contribution in [0.15, 0.2) is 0 Å². The van der Waals surface area contributed by atoms with Gasteiger partial charge >= 0.3 is 0 Å². The minimum Gasteiger partial charge on any atom is -0.143 e. The quantitative estimate of drug-likeness (QED) is 0.680. The highest BCUT2D eigenvalue weighted by Crippen LogP contribution is 2.70. The van der Waals surface area contributed by atoms with Crippen LogP contribution < -0.4 is 0 Å². The van der Waals surface area contributed by atoms with E-state index >= 15 is 0 Å². The standard InChI is InChI=1S/C14H22S2/c1-13(15-2-3-16-13)14-7-10-4-11(8-14)6-12(5-10)9-14/h10-12H,2-9H2,1H3. The molecule has 0 aromatic heterocycles. The van der Waals surface area contributed by atoms with Crippen molar-refractivity contribution in [3.05, 3.63) is 0 Å². The lowest BCUT2D eigenvalue weighted by molar-refractivity contribution is -0.0563. The molecule has 4 aliphatic carbocycles. The van der Waals surface area contributed by atoms with E-state index in [0.717, 1.165) is 23.2 Å². The summed E-state index contributed by atoms with van der Waals surface area (Å²) in [6, 6.07) is 0. The van der Waals surface area contributed by atoms with Gasteiger partial charge in [0.15, 0.2) is 0 Å². The van der Waals surface area contributed by atoms with Crippen molar-refractivity contribution in [2.75, 3.05) is 11.5 Å². The highest BCUT2D eigenvalue weighted by molar-refractivity contribution is 8.21. The van der Waals surface area contributed by atoms with Crippen LogP contribution in [0.1, 0.15) is 45.4 Å². The molecule has 0 spiro atoms. The maximum atomic E-state index is 2.59. The van der Waals surface area contributed by atoms with Crippen molar-refractivity contribution in [2.45, 2.75) is 49.5 Å². The Morgan fingerprint density at radius 2 is 1.25 bits per heavy atom. The minimum atomic E-state index is 0.586. The van der Waals surface area contributed by atoms with E-state index in [0.29, 0.717) is 4.08 Å².